The average molecular weight is 290 g/mol. The maximum Gasteiger partial charge on any atom is 0.237 e. The number of rotatable bonds is 9. The second-order valence-electron chi connectivity index (χ2n) is 5.75. The first kappa shape index (κ1) is 16.0. The van der Waals surface area contributed by atoms with E-state index in [1.165, 1.54) is 18.4 Å². The van der Waals surface area contributed by atoms with Gasteiger partial charge in [-0.05, 0) is 31.2 Å². The Hall–Kier alpha value is -1.39. The topological polar surface area (TPSA) is 41.6 Å². The number of benzene rings is 1. The van der Waals surface area contributed by atoms with Crippen molar-refractivity contribution < 1.29 is 9.53 Å². The van der Waals surface area contributed by atoms with Crippen molar-refractivity contribution in [2.45, 2.75) is 32.4 Å². The smallest absolute Gasteiger partial charge is 0.237 e. The highest BCUT2D eigenvalue weighted by atomic mass is 16.5. The molecule has 1 aromatic carbocycles. The van der Waals surface area contributed by atoms with E-state index in [2.05, 4.69) is 24.4 Å². The Bertz CT molecular complexity index is 432. The van der Waals surface area contributed by atoms with Crippen LogP contribution in [0.3, 0.4) is 0 Å². The van der Waals surface area contributed by atoms with Crippen LogP contribution < -0.4 is 5.32 Å². The normalized spacial score (nSPS) is 15.7. The fourth-order valence-electron chi connectivity index (χ4n) is 2.54. The third kappa shape index (κ3) is 5.14. The van der Waals surface area contributed by atoms with E-state index >= 15 is 0 Å². The monoisotopic (exact) mass is 290 g/mol. The summed E-state index contributed by atoms with van der Waals surface area (Å²) in [6.45, 7) is 4.59. The number of hydrogen-bond donors (Lipinski definition) is 1. The molecule has 0 heterocycles. The molecule has 1 unspecified atom stereocenters. The lowest BCUT2D eigenvalue weighted by Gasteiger charge is -2.30. The second kappa shape index (κ2) is 8.15. The number of amides is 1. The molecule has 0 spiro atoms. The van der Waals surface area contributed by atoms with Gasteiger partial charge in [-0.25, -0.2) is 0 Å². The van der Waals surface area contributed by atoms with E-state index in [-0.39, 0.29) is 5.91 Å². The van der Waals surface area contributed by atoms with Gasteiger partial charge in [0.2, 0.25) is 5.91 Å². The largest absolute Gasteiger partial charge is 0.383 e. The molecule has 1 aromatic rings. The highest BCUT2D eigenvalue weighted by Crippen LogP contribution is 2.35. The molecule has 21 heavy (non-hydrogen) atoms. The summed E-state index contributed by atoms with van der Waals surface area (Å²) >= 11 is 0. The predicted molar refractivity (Wildman–Crippen MR) is 83.9 cm³/mol. The Labute approximate surface area is 127 Å². The Balaban J connectivity index is 1.93. The van der Waals surface area contributed by atoms with Crippen LogP contribution in [0.2, 0.25) is 0 Å². The minimum Gasteiger partial charge on any atom is -0.383 e. The first-order valence-electron chi connectivity index (χ1n) is 7.75. The maximum atomic E-state index is 12.5. The van der Waals surface area contributed by atoms with Gasteiger partial charge in [-0.2, -0.15) is 0 Å². The second-order valence-corrected chi connectivity index (χ2v) is 5.75. The van der Waals surface area contributed by atoms with Crippen LogP contribution in [0.25, 0.3) is 0 Å². The molecule has 1 amide bonds. The maximum absolute atomic E-state index is 12.5. The summed E-state index contributed by atoms with van der Waals surface area (Å²) in [7, 11) is 1.67. The molecule has 2 rings (SSSR count). The highest BCUT2D eigenvalue weighted by Gasteiger charge is 2.34. The number of carbonyl (C=O) groups excluding carboxylic acids is 1. The Morgan fingerprint density at radius 1 is 1.38 bits per heavy atom. The third-order valence-corrected chi connectivity index (χ3v) is 4.07. The van der Waals surface area contributed by atoms with E-state index in [0.29, 0.717) is 38.2 Å². The van der Waals surface area contributed by atoms with Crippen LogP contribution in [0.15, 0.2) is 30.3 Å². The number of nitrogens with zero attached hydrogens (tertiary/aromatic N) is 1. The third-order valence-electron chi connectivity index (χ3n) is 4.07. The van der Waals surface area contributed by atoms with Gasteiger partial charge < -0.3 is 15.0 Å². The number of hydrogen-bond acceptors (Lipinski definition) is 3. The van der Waals surface area contributed by atoms with Crippen LogP contribution in [-0.4, -0.2) is 43.7 Å². The fraction of sp³-hybridized carbons (Fsp3) is 0.588. The average Bonchev–Trinajstić information content (AvgIpc) is 3.34. The van der Waals surface area contributed by atoms with Crippen LogP contribution in [0.5, 0.6) is 0 Å². The van der Waals surface area contributed by atoms with Crippen molar-refractivity contribution in [3.8, 4) is 0 Å². The molecule has 1 aliphatic carbocycles. The van der Waals surface area contributed by atoms with Crippen LogP contribution in [0.4, 0.5) is 0 Å². The molecular weight excluding hydrogens is 264 g/mol. The van der Waals surface area contributed by atoms with E-state index in [9.17, 15) is 4.79 Å². The fourth-order valence-corrected chi connectivity index (χ4v) is 2.54. The van der Waals surface area contributed by atoms with Crippen molar-refractivity contribution in [2.24, 2.45) is 5.92 Å². The summed E-state index contributed by atoms with van der Waals surface area (Å²) in [5, 5.41) is 3.15. The molecule has 0 aliphatic heterocycles. The molecule has 0 saturated heterocycles. The Morgan fingerprint density at radius 3 is 2.71 bits per heavy atom. The van der Waals surface area contributed by atoms with Crippen LogP contribution in [-0.2, 0) is 16.1 Å². The van der Waals surface area contributed by atoms with Crippen molar-refractivity contribution in [1.82, 2.24) is 10.2 Å². The van der Waals surface area contributed by atoms with Crippen molar-refractivity contribution in [1.29, 1.82) is 0 Å². The van der Waals surface area contributed by atoms with E-state index < -0.39 is 0 Å². The van der Waals surface area contributed by atoms with Gasteiger partial charge in [0.1, 0.15) is 0 Å². The zero-order valence-corrected chi connectivity index (χ0v) is 13.0. The molecule has 116 valence electrons. The number of ether oxygens (including phenoxy) is 1. The van der Waals surface area contributed by atoms with Crippen molar-refractivity contribution in [2.75, 3.05) is 26.8 Å². The number of carbonyl (C=O) groups is 1. The molecule has 1 N–H and O–H groups in total. The molecule has 1 aliphatic rings. The van der Waals surface area contributed by atoms with Crippen molar-refractivity contribution >= 4 is 5.91 Å². The summed E-state index contributed by atoms with van der Waals surface area (Å²) in [6, 6.07) is 10.5. The standard InChI is InChI=1S/C17H26N2O2/c1-14(16-8-9-16)19(13-15-6-4-3-5-7-15)17(20)12-18-10-11-21-2/h3-7,14,16,18H,8-13H2,1-2H3. The van der Waals surface area contributed by atoms with Crippen molar-refractivity contribution in [3.63, 3.8) is 0 Å². The van der Waals surface area contributed by atoms with E-state index in [0.717, 1.165) is 0 Å². The quantitative estimate of drug-likeness (QED) is 0.708. The summed E-state index contributed by atoms with van der Waals surface area (Å²) in [4.78, 5) is 14.5. The number of nitrogens with one attached hydrogen (secondary N) is 1. The molecular formula is C17H26N2O2. The molecule has 0 bridgehead atoms. The van der Waals surface area contributed by atoms with Crippen molar-refractivity contribution in [3.05, 3.63) is 35.9 Å². The van der Waals surface area contributed by atoms with Gasteiger partial charge in [0.25, 0.3) is 0 Å². The molecule has 1 fully saturated rings. The van der Waals surface area contributed by atoms with Gasteiger partial charge in [0.15, 0.2) is 0 Å². The Kier molecular flexibility index (Phi) is 6.21. The van der Waals surface area contributed by atoms with Crippen LogP contribution >= 0.6 is 0 Å². The number of methoxy groups -OCH3 is 1. The summed E-state index contributed by atoms with van der Waals surface area (Å²) in [5.41, 5.74) is 1.19. The molecule has 1 atom stereocenters. The minimum absolute atomic E-state index is 0.175. The van der Waals surface area contributed by atoms with Gasteiger partial charge in [-0.1, -0.05) is 30.3 Å². The lowest BCUT2D eigenvalue weighted by Crippen LogP contribution is -2.44. The SMILES string of the molecule is COCCNCC(=O)N(Cc1ccccc1)C(C)C1CC1. The van der Waals surface area contributed by atoms with Gasteiger partial charge in [0, 0.05) is 26.2 Å². The van der Waals surface area contributed by atoms with Gasteiger partial charge in [0.05, 0.1) is 13.2 Å². The zero-order valence-electron chi connectivity index (χ0n) is 13.0. The minimum atomic E-state index is 0.175. The van der Waals surface area contributed by atoms with E-state index in [1.54, 1.807) is 7.11 Å². The van der Waals surface area contributed by atoms with Crippen LogP contribution in [0.1, 0.15) is 25.3 Å². The molecule has 4 nitrogen and oxygen atoms in total. The lowest BCUT2D eigenvalue weighted by molar-refractivity contribution is -0.133. The lowest BCUT2D eigenvalue weighted by atomic mass is 10.1. The summed E-state index contributed by atoms with van der Waals surface area (Å²) < 4.78 is 4.99. The first-order valence-corrected chi connectivity index (χ1v) is 7.75. The van der Waals surface area contributed by atoms with E-state index in [1.807, 2.05) is 23.1 Å². The van der Waals surface area contributed by atoms with Gasteiger partial charge in [-0.15, -0.1) is 0 Å². The molecule has 1 saturated carbocycles. The van der Waals surface area contributed by atoms with Gasteiger partial charge >= 0.3 is 0 Å². The highest BCUT2D eigenvalue weighted by molar-refractivity contribution is 5.78. The Morgan fingerprint density at radius 2 is 2.10 bits per heavy atom. The van der Waals surface area contributed by atoms with Gasteiger partial charge in [-0.3, -0.25) is 4.79 Å². The predicted octanol–water partition coefficient (Wildman–Crippen LogP) is 2.05. The first-order chi connectivity index (χ1) is 10.2. The summed E-state index contributed by atoms with van der Waals surface area (Å²) in [6.07, 6.45) is 2.49. The molecule has 4 heteroatoms. The molecule has 0 aromatic heterocycles. The van der Waals surface area contributed by atoms with E-state index in [4.69, 9.17) is 4.74 Å². The zero-order chi connectivity index (χ0) is 15.1. The summed E-state index contributed by atoms with van der Waals surface area (Å²) in [5.74, 6) is 0.853. The van der Waals surface area contributed by atoms with Crippen LogP contribution in [0, 0.1) is 5.92 Å². The molecule has 0 radical (unpaired) electrons.